The van der Waals surface area contributed by atoms with Gasteiger partial charge in [-0.15, -0.1) is 0 Å². The number of carbonyl (C=O) groups is 1. The van der Waals surface area contributed by atoms with Gasteiger partial charge in [-0.1, -0.05) is 30.3 Å². The molecule has 0 radical (unpaired) electrons. The van der Waals surface area contributed by atoms with Crippen molar-refractivity contribution >= 4 is 21.6 Å². The molecule has 33 heavy (non-hydrogen) atoms. The van der Waals surface area contributed by atoms with E-state index in [9.17, 15) is 13.2 Å². The molecule has 0 heterocycles. The third-order valence-corrected chi connectivity index (χ3v) is 5.96. The van der Waals surface area contributed by atoms with Crippen LogP contribution in [-0.4, -0.2) is 40.3 Å². The Morgan fingerprint density at radius 1 is 0.939 bits per heavy atom. The second kappa shape index (κ2) is 10.9. The third-order valence-electron chi connectivity index (χ3n) is 4.82. The van der Waals surface area contributed by atoms with E-state index in [1.54, 1.807) is 24.3 Å². The predicted octanol–water partition coefficient (Wildman–Crippen LogP) is 4.06. The number of benzene rings is 3. The Balaban J connectivity index is 1.56. The second-order valence-electron chi connectivity index (χ2n) is 7.65. The highest BCUT2D eigenvalue weighted by molar-refractivity contribution is 7.92. The van der Waals surface area contributed by atoms with Gasteiger partial charge in [0.15, 0.2) is 0 Å². The van der Waals surface area contributed by atoms with Gasteiger partial charge < -0.3 is 14.8 Å². The molecule has 0 aromatic heterocycles. The summed E-state index contributed by atoms with van der Waals surface area (Å²) in [6.07, 6.45) is 1.07. The summed E-state index contributed by atoms with van der Waals surface area (Å²) in [6.45, 7) is 4.14. The normalized spacial score (nSPS) is 11.0. The van der Waals surface area contributed by atoms with Gasteiger partial charge in [-0.3, -0.25) is 9.10 Å². The maximum atomic E-state index is 12.4. The third kappa shape index (κ3) is 7.25. The fraction of sp³-hybridized carbons (Fsp3) is 0.240. The lowest BCUT2D eigenvalue weighted by Gasteiger charge is -2.22. The Labute approximate surface area is 195 Å². The molecule has 3 aromatic carbocycles. The van der Waals surface area contributed by atoms with Gasteiger partial charge in [0.1, 0.15) is 30.4 Å². The van der Waals surface area contributed by atoms with Crippen molar-refractivity contribution in [3.05, 3.63) is 83.9 Å². The van der Waals surface area contributed by atoms with Crippen LogP contribution in [0.2, 0.25) is 0 Å². The van der Waals surface area contributed by atoms with Gasteiger partial charge in [0.25, 0.3) is 0 Å². The molecule has 0 saturated heterocycles. The Morgan fingerprint density at radius 2 is 1.61 bits per heavy atom. The minimum atomic E-state index is -3.67. The molecule has 1 amide bonds. The van der Waals surface area contributed by atoms with E-state index < -0.39 is 15.9 Å². The van der Waals surface area contributed by atoms with Gasteiger partial charge in [-0.05, 0) is 67.4 Å². The van der Waals surface area contributed by atoms with Crippen molar-refractivity contribution in [2.75, 3.05) is 30.3 Å². The van der Waals surface area contributed by atoms with E-state index in [2.05, 4.69) is 5.32 Å². The molecule has 0 unspecified atom stereocenters. The lowest BCUT2D eigenvalue weighted by atomic mass is 10.1. The van der Waals surface area contributed by atoms with Gasteiger partial charge in [0.2, 0.25) is 15.9 Å². The van der Waals surface area contributed by atoms with Gasteiger partial charge in [-0.25, -0.2) is 8.42 Å². The van der Waals surface area contributed by atoms with Crippen molar-refractivity contribution in [1.82, 2.24) is 5.32 Å². The number of nitrogens with one attached hydrogen (secondary N) is 1. The van der Waals surface area contributed by atoms with Crippen LogP contribution in [0.25, 0.3) is 0 Å². The summed E-state index contributed by atoms with van der Waals surface area (Å²) in [4.78, 5) is 12.4. The SMILES string of the molecule is Cc1ccc(C)c(OCCNC(=O)CN(c2ccc(Oc3ccccc3)cc2)S(C)(=O)=O)c1. The highest BCUT2D eigenvalue weighted by Crippen LogP contribution is 2.25. The molecule has 7 nitrogen and oxygen atoms in total. The van der Waals surface area contributed by atoms with Crippen LogP contribution in [0.1, 0.15) is 11.1 Å². The molecular formula is C25H28N2O5S. The van der Waals surface area contributed by atoms with Crippen molar-refractivity contribution < 1.29 is 22.7 Å². The number of aryl methyl sites for hydroxylation is 2. The number of para-hydroxylation sites is 1. The summed E-state index contributed by atoms with van der Waals surface area (Å²) in [5.41, 5.74) is 2.47. The van der Waals surface area contributed by atoms with E-state index >= 15 is 0 Å². The molecule has 0 fully saturated rings. The quantitative estimate of drug-likeness (QED) is 0.454. The number of anilines is 1. The lowest BCUT2D eigenvalue weighted by Crippen LogP contribution is -2.41. The lowest BCUT2D eigenvalue weighted by molar-refractivity contribution is -0.119. The first-order chi connectivity index (χ1) is 15.7. The van der Waals surface area contributed by atoms with Crippen molar-refractivity contribution in [2.24, 2.45) is 0 Å². The van der Waals surface area contributed by atoms with E-state index in [0.29, 0.717) is 17.2 Å². The Kier molecular flexibility index (Phi) is 7.95. The molecule has 3 aromatic rings. The number of hydrogen-bond donors (Lipinski definition) is 1. The summed E-state index contributed by atoms with van der Waals surface area (Å²) in [5.74, 6) is 1.58. The van der Waals surface area contributed by atoms with Crippen molar-refractivity contribution in [3.8, 4) is 17.2 Å². The Hall–Kier alpha value is -3.52. The molecule has 1 N–H and O–H groups in total. The van der Waals surface area contributed by atoms with E-state index in [-0.39, 0.29) is 19.7 Å². The summed E-state index contributed by atoms with van der Waals surface area (Å²) in [6, 6.07) is 21.7. The average molecular weight is 469 g/mol. The number of sulfonamides is 1. The molecule has 0 aliphatic carbocycles. The van der Waals surface area contributed by atoms with Crippen molar-refractivity contribution in [3.63, 3.8) is 0 Å². The monoisotopic (exact) mass is 468 g/mol. The maximum Gasteiger partial charge on any atom is 0.240 e. The zero-order valence-electron chi connectivity index (χ0n) is 18.9. The summed E-state index contributed by atoms with van der Waals surface area (Å²) in [5, 5.41) is 2.71. The Bertz CT molecular complexity index is 1180. The van der Waals surface area contributed by atoms with E-state index in [1.165, 1.54) is 0 Å². The first kappa shape index (κ1) is 24.1. The zero-order chi connectivity index (χ0) is 23.8. The van der Waals surface area contributed by atoms with Crippen LogP contribution < -0.4 is 19.1 Å². The van der Waals surface area contributed by atoms with Crippen molar-refractivity contribution in [1.29, 1.82) is 0 Å². The van der Waals surface area contributed by atoms with Gasteiger partial charge in [0.05, 0.1) is 18.5 Å². The molecule has 174 valence electrons. The molecule has 3 rings (SSSR count). The van der Waals surface area contributed by atoms with Crippen LogP contribution in [0.15, 0.2) is 72.8 Å². The van der Waals surface area contributed by atoms with E-state index in [4.69, 9.17) is 9.47 Å². The molecule has 0 saturated carbocycles. The van der Waals surface area contributed by atoms with Crippen LogP contribution in [0.3, 0.4) is 0 Å². The van der Waals surface area contributed by atoms with Crippen LogP contribution in [-0.2, 0) is 14.8 Å². The zero-order valence-corrected chi connectivity index (χ0v) is 19.8. The number of rotatable bonds is 10. The summed E-state index contributed by atoms with van der Waals surface area (Å²) >= 11 is 0. The minimum absolute atomic E-state index is 0.258. The smallest absolute Gasteiger partial charge is 0.240 e. The molecular weight excluding hydrogens is 440 g/mol. The molecule has 0 aliphatic heterocycles. The second-order valence-corrected chi connectivity index (χ2v) is 9.55. The van der Waals surface area contributed by atoms with E-state index in [0.717, 1.165) is 27.4 Å². The topological polar surface area (TPSA) is 84.9 Å². The van der Waals surface area contributed by atoms with Crippen LogP contribution in [0.5, 0.6) is 17.2 Å². The van der Waals surface area contributed by atoms with Gasteiger partial charge in [-0.2, -0.15) is 0 Å². The molecule has 0 aliphatic rings. The van der Waals surface area contributed by atoms with Crippen LogP contribution in [0, 0.1) is 13.8 Å². The minimum Gasteiger partial charge on any atom is -0.491 e. The van der Waals surface area contributed by atoms with E-state index in [1.807, 2.05) is 62.4 Å². The highest BCUT2D eigenvalue weighted by Gasteiger charge is 2.20. The first-order valence-corrected chi connectivity index (χ1v) is 12.3. The van der Waals surface area contributed by atoms with Gasteiger partial charge >= 0.3 is 0 Å². The molecule has 8 heteroatoms. The fourth-order valence-electron chi connectivity index (χ4n) is 3.11. The molecule has 0 spiro atoms. The van der Waals surface area contributed by atoms with Crippen molar-refractivity contribution in [2.45, 2.75) is 13.8 Å². The number of nitrogens with zero attached hydrogens (tertiary/aromatic N) is 1. The number of amides is 1. The standard InChI is InChI=1S/C25H28N2O5S/c1-19-9-10-20(2)24(17-19)31-16-15-26-25(28)18-27(33(3,29)30)21-11-13-23(14-12-21)32-22-7-5-4-6-8-22/h4-14,17H,15-16,18H2,1-3H3,(H,26,28). The number of hydrogen-bond acceptors (Lipinski definition) is 5. The Morgan fingerprint density at radius 3 is 2.27 bits per heavy atom. The molecule has 0 bridgehead atoms. The summed E-state index contributed by atoms with van der Waals surface area (Å²) < 4.78 is 37.2. The summed E-state index contributed by atoms with van der Waals surface area (Å²) in [7, 11) is -3.67. The fourth-order valence-corrected chi connectivity index (χ4v) is 3.96. The predicted molar refractivity (Wildman–Crippen MR) is 130 cm³/mol. The van der Waals surface area contributed by atoms with Gasteiger partial charge in [0, 0.05) is 0 Å². The molecule has 0 atom stereocenters. The van der Waals surface area contributed by atoms with Crippen LogP contribution >= 0.6 is 0 Å². The highest BCUT2D eigenvalue weighted by atomic mass is 32.2. The average Bonchev–Trinajstić information content (AvgIpc) is 2.78. The van der Waals surface area contributed by atoms with Crippen LogP contribution in [0.4, 0.5) is 5.69 Å². The largest absolute Gasteiger partial charge is 0.491 e. The number of ether oxygens (including phenoxy) is 2. The maximum absolute atomic E-state index is 12.4. The first-order valence-electron chi connectivity index (χ1n) is 10.5. The number of carbonyl (C=O) groups excluding carboxylic acids is 1.